The van der Waals surface area contributed by atoms with Crippen LogP contribution < -0.4 is 0 Å². The first-order chi connectivity index (χ1) is 9.82. The normalized spacial score (nSPS) is 14.9. The molecule has 0 aliphatic heterocycles. The maximum Gasteiger partial charge on any atom is 0.349 e. The minimum atomic E-state index is -2.93. The highest BCUT2D eigenvalue weighted by Gasteiger charge is 2.53. The number of carbonyl (C=O) groups excluding carboxylic acids is 3. The fraction of sp³-hybridized carbons (Fsp3) is 0.786. The van der Waals surface area contributed by atoms with E-state index < -0.39 is 29.4 Å². The summed E-state index contributed by atoms with van der Waals surface area (Å²) < 4.78 is 9.44. The summed E-state index contributed by atoms with van der Waals surface area (Å²) in [5.41, 5.74) is -2.93. The van der Waals surface area contributed by atoms with Crippen LogP contribution >= 0.6 is 0 Å². The second kappa shape index (κ2) is 9.46. The van der Waals surface area contributed by atoms with Crippen LogP contribution in [0.5, 0.6) is 0 Å². The average Bonchev–Trinajstić information content (AvgIpc) is 2.45. The van der Waals surface area contributed by atoms with E-state index in [1.54, 1.807) is 0 Å². The number of aliphatic hydroxyl groups is 2. The fourth-order valence-corrected chi connectivity index (χ4v) is 1.43. The van der Waals surface area contributed by atoms with Crippen LogP contribution in [0, 0.1) is 0 Å². The third-order valence-corrected chi connectivity index (χ3v) is 2.94. The largest absolute Gasteiger partial charge is 0.464 e. The van der Waals surface area contributed by atoms with Gasteiger partial charge in [0.2, 0.25) is 0 Å². The zero-order chi connectivity index (χ0) is 16.5. The maximum absolute atomic E-state index is 11.8. The summed E-state index contributed by atoms with van der Waals surface area (Å²) in [6.07, 6.45) is 0.308. The van der Waals surface area contributed by atoms with Crippen LogP contribution in [0.3, 0.4) is 0 Å². The topological polar surface area (TPSA) is 110 Å². The molecule has 0 heterocycles. The molecule has 0 aliphatic rings. The Morgan fingerprint density at radius 3 is 1.95 bits per heavy atom. The van der Waals surface area contributed by atoms with Crippen LogP contribution in [-0.4, -0.2) is 52.9 Å². The van der Waals surface area contributed by atoms with E-state index in [2.05, 4.69) is 0 Å². The molecule has 0 saturated carbocycles. The van der Waals surface area contributed by atoms with E-state index in [0.717, 1.165) is 19.8 Å². The maximum atomic E-state index is 11.8. The fourth-order valence-electron chi connectivity index (χ4n) is 1.43. The van der Waals surface area contributed by atoms with E-state index in [-0.39, 0.29) is 13.2 Å². The van der Waals surface area contributed by atoms with Crippen molar-refractivity contribution in [2.75, 3.05) is 13.2 Å². The van der Waals surface area contributed by atoms with Crippen LogP contribution in [0.1, 0.15) is 46.5 Å². The molecule has 0 aliphatic carbocycles. The third kappa shape index (κ3) is 5.43. The lowest BCUT2D eigenvalue weighted by molar-refractivity contribution is -0.192. The molecular weight excluding hydrogens is 280 g/mol. The number of rotatable bonds is 10. The highest BCUT2D eigenvalue weighted by molar-refractivity contribution is 6.10. The summed E-state index contributed by atoms with van der Waals surface area (Å²) in [5, 5.41) is 19.9. The van der Waals surface area contributed by atoms with Gasteiger partial charge in [0.1, 0.15) is 0 Å². The van der Waals surface area contributed by atoms with Gasteiger partial charge >= 0.3 is 11.9 Å². The van der Waals surface area contributed by atoms with Crippen LogP contribution in [0.4, 0.5) is 0 Å². The van der Waals surface area contributed by atoms with Crippen molar-refractivity contribution in [3.05, 3.63) is 0 Å². The van der Waals surface area contributed by atoms with Crippen molar-refractivity contribution in [1.82, 2.24) is 0 Å². The first kappa shape index (κ1) is 19.5. The number of Topliss-reactive ketones (excluding diaryl/α,β-unsaturated/α-hetero) is 1. The molecule has 122 valence electrons. The smallest absolute Gasteiger partial charge is 0.349 e. The number of ether oxygens (including phenoxy) is 2. The number of hydrogen-bond acceptors (Lipinski definition) is 7. The van der Waals surface area contributed by atoms with Crippen LogP contribution in [0.15, 0.2) is 0 Å². The molecule has 7 heteroatoms. The Balaban J connectivity index is 4.87. The van der Waals surface area contributed by atoms with E-state index in [0.29, 0.717) is 12.8 Å². The van der Waals surface area contributed by atoms with Crippen molar-refractivity contribution >= 4 is 17.7 Å². The van der Waals surface area contributed by atoms with Gasteiger partial charge in [0.25, 0.3) is 5.60 Å². The Morgan fingerprint density at radius 1 is 1.05 bits per heavy atom. The van der Waals surface area contributed by atoms with Gasteiger partial charge < -0.3 is 19.7 Å². The van der Waals surface area contributed by atoms with E-state index in [1.807, 2.05) is 13.8 Å². The Hall–Kier alpha value is -1.47. The summed E-state index contributed by atoms with van der Waals surface area (Å²) in [6.45, 7) is 4.66. The summed E-state index contributed by atoms with van der Waals surface area (Å²) in [7, 11) is 0. The number of carbonyl (C=O) groups is 3. The zero-order valence-electron chi connectivity index (χ0n) is 12.8. The molecule has 2 N–H and O–H groups in total. The van der Waals surface area contributed by atoms with E-state index in [4.69, 9.17) is 9.47 Å². The predicted octanol–water partition coefficient (Wildman–Crippen LogP) is 0.354. The molecule has 0 aromatic rings. The minimum Gasteiger partial charge on any atom is -0.464 e. The quantitative estimate of drug-likeness (QED) is 0.340. The summed E-state index contributed by atoms with van der Waals surface area (Å²) in [5.74, 6) is -3.65. The van der Waals surface area contributed by atoms with E-state index in [9.17, 15) is 24.6 Å². The summed E-state index contributed by atoms with van der Waals surface area (Å²) in [4.78, 5) is 34.9. The Morgan fingerprint density at radius 2 is 1.52 bits per heavy atom. The Kier molecular flexibility index (Phi) is 8.80. The molecule has 0 aromatic carbocycles. The van der Waals surface area contributed by atoms with Gasteiger partial charge in [-0.15, -0.1) is 0 Å². The number of ketones is 1. The first-order valence-corrected chi connectivity index (χ1v) is 7.07. The van der Waals surface area contributed by atoms with Gasteiger partial charge in [0.05, 0.1) is 13.2 Å². The van der Waals surface area contributed by atoms with Gasteiger partial charge in [-0.05, 0) is 19.8 Å². The molecule has 0 bridgehead atoms. The first-order valence-electron chi connectivity index (χ1n) is 7.07. The van der Waals surface area contributed by atoms with Crippen LogP contribution in [0.25, 0.3) is 0 Å². The van der Waals surface area contributed by atoms with Gasteiger partial charge in [-0.1, -0.05) is 26.7 Å². The van der Waals surface area contributed by atoms with Gasteiger partial charge in [0, 0.05) is 0 Å². The van der Waals surface area contributed by atoms with Gasteiger partial charge in [-0.25, -0.2) is 9.59 Å². The van der Waals surface area contributed by atoms with Crippen molar-refractivity contribution in [3.63, 3.8) is 0 Å². The monoisotopic (exact) mass is 304 g/mol. The van der Waals surface area contributed by atoms with Crippen molar-refractivity contribution < 1.29 is 34.1 Å². The predicted molar refractivity (Wildman–Crippen MR) is 73.4 cm³/mol. The molecule has 0 fully saturated rings. The number of unbranched alkanes of at least 4 members (excludes halogenated alkanes) is 2. The van der Waals surface area contributed by atoms with Crippen molar-refractivity contribution in [3.8, 4) is 0 Å². The molecule has 2 atom stereocenters. The molecule has 0 aromatic heterocycles. The van der Waals surface area contributed by atoms with E-state index >= 15 is 0 Å². The zero-order valence-corrected chi connectivity index (χ0v) is 12.8. The van der Waals surface area contributed by atoms with Crippen molar-refractivity contribution in [2.45, 2.75) is 58.2 Å². The van der Waals surface area contributed by atoms with E-state index in [1.165, 1.54) is 0 Å². The molecule has 0 saturated heterocycles. The highest BCUT2D eigenvalue weighted by Crippen LogP contribution is 2.17. The SMILES string of the molecule is CCCCOC(=O)C(O)C(O)(C(C)=O)C(=O)OCCCC. The van der Waals surface area contributed by atoms with Crippen LogP contribution in [-0.2, 0) is 23.9 Å². The van der Waals surface area contributed by atoms with Gasteiger partial charge in [0.15, 0.2) is 11.9 Å². The molecule has 21 heavy (non-hydrogen) atoms. The molecule has 0 radical (unpaired) electrons. The van der Waals surface area contributed by atoms with Crippen LogP contribution in [0.2, 0.25) is 0 Å². The summed E-state index contributed by atoms with van der Waals surface area (Å²) >= 11 is 0. The molecular formula is C14H24O7. The molecule has 0 amide bonds. The lowest BCUT2D eigenvalue weighted by Crippen LogP contribution is -2.59. The van der Waals surface area contributed by atoms with Crippen molar-refractivity contribution in [2.24, 2.45) is 0 Å². The number of hydrogen-bond donors (Lipinski definition) is 2. The molecule has 2 unspecified atom stereocenters. The van der Waals surface area contributed by atoms with Crippen molar-refractivity contribution in [1.29, 1.82) is 0 Å². The average molecular weight is 304 g/mol. The minimum absolute atomic E-state index is 0.0114. The molecule has 0 spiro atoms. The lowest BCUT2D eigenvalue weighted by Gasteiger charge is -2.26. The standard InChI is InChI=1S/C14H24O7/c1-4-6-8-20-12(17)11(16)14(19,10(3)15)13(18)21-9-7-5-2/h11,16,19H,4-9H2,1-3H3. The second-order valence-electron chi connectivity index (χ2n) is 4.74. The third-order valence-electron chi connectivity index (χ3n) is 2.94. The lowest BCUT2D eigenvalue weighted by atomic mass is 9.92. The number of esters is 2. The van der Waals surface area contributed by atoms with Gasteiger partial charge in [-0.2, -0.15) is 0 Å². The Bertz CT molecular complexity index is 366. The Labute approximate surface area is 124 Å². The number of aliphatic hydroxyl groups excluding tert-OH is 1. The highest BCUT2D eigenvalue weighted by atomic mass is 16.6. The molecule has 0 rings (SSSR count). The summed E-state index contributed by atoms with van der Waals surface area (Å²) in [6, 6.07) is 0. The van der Waals surface area contributed by atoms with Gasteiger partial charge in [-0.3, -0.25) is 4.79 Å². The second-order valence-corrected chi connectivity index (χ2v) is 4.74. The molecule has 7 nitrogen and oxygen atoms in total.